The number of aromatic nitrogens is 2. The van der Waals surface area contributed by atoms with Crippen molar-refractivity contribution in [2.45, 2.75) is 57.5 Å². The fourth-order valence-corrected chi connectivity index (χ4v) is 2.42. The van der Waals surface area contributed by atoms with Gasteiger partial charge in [-0.15, -0.1) is 0 Å². The maximum atomic E-state index is 4.04. The summed E-state index contributed by atoms with van der Waals surface area (Å²) in [6, 6.07) is 0. The molecule has 1 aliphatic carbocycles. The van der Waals surface area contributed by atoms with Crippen LogP contribution in [0.4, 0.5) is 0 Å². The first-order chi connectivity index (χ1) is 7.79. The van der Waals surface area contributed by atoms with Crippen LogP contribution in [0, 0.1) is 0 Å². The number of hydrogen-bond donors (Lipinski definition) is 1. The summed E-state index contributed by atoms with van der Waals surface area (Å²) in [5.74, 6) is 0. The molecule has 0 radical (unpaired) electrons. The second-order valence-corrected chi connectivity index (χ2v) is 5.08. The zero-order valence-corrected chi connectivity index (χ0v) is 10.1. The van der Waals surface area contributed by atoms with Gasteiger partial charge < -0.3 is 5.32 Å². The van der Waals surface area contributed by atoms with Gasteiger partial charge in [-0.1, -0.05) is 25.7 Å². The summed E-state index contributed by atoms with van der Waals surface area (Å²) in [7, 11) is 0. The molecular weight excluding hydrogens is 198 g/mol. The molecule has 3 heteroatoms. The van der Waals surface area contributed by atoms with E-state index in [1.165, 1.54) is 44.1 Å². The highest BCUT2D eigenvalue weighted by atomic mass is 15.0. The van der Waals surface area contributed by atoms with E-state index < -0.39 is 0 Å². The Morgan fingerprint density at radius 3 is 2.38 bits per heavy atom. The van der Waals surface area contributed by atoms with Crippen molar-refractivity contribution in [1.82, 2.24) is 15.3 Å². The van der Waals surface area contributed by atoms with Crippen molar-refractivity contribution >= 4 is 0 Å². The Morgan fingerprint density at radius 2 is 1.75 bits per heavy atom. The average molecular weight is 219 g/mol. The van der Waals surface area contributed by atoms with E-state index in [2.05, 4.69) is 22.2 Å². The molecular formula is C13H21N3. The van der Waals surface area contributed by atoms with Crippen LogP contribution in [-0.4, -0.2) is 15.5 Å². The molecule has 1 aromatic rings. The van der Waals surface area contributed by atoms with E-state index in [1.807, 2.05) is 12.4 Å². The van der Waals surface area contributed by atoms with Gasteiger partial charge in [-0.3, -0.25) is 0 Å². The average Bonchev–Trinajstić information content (AvgIpc) is 2.54. The molecule has 3 nitrogen and oxygen atoms in total. The lowest BCUT2D eigenvalue weighted by Gasteiger charge is -2.29. The Labute approximate surface area is 97.7 Å². The highest BCUT2D eigenvalue weighted by Gasteiger charge is 2.24. The predicted octanol–water partition coefficient (Wildman–Crippen LogP) is 2.68. The quantitative estimate of drug-likeness (QED) is 0.794. The second-order valence-electron chi connectivity index (χ2n) is 5.08. The molecule has 0 saturated heterocycles. The Morgan fingerprint density at radius 1 is 1.12 bits per heavy atom. The van der Waals surface area contributed by atoms with Crippen LogP contribution < -0.4 is 5.32 Å². The highest BCUT2D eigenvalue weighted by molar-refractivity contribution is 5.03. The van der Waals surface area contributed by atoms with Gasteiger partial charge in [0.25, 0.3) is 0 Å². The molecule has 1 fully saturated rings. The summed E-state index contributed by atoms with van der Waals surface area (Å²) < 4.78 is 0. The normalized spacial score (nSPS) is 20.3. The van der Waals surface area contributed by atoms with Crippen LogP contribution in [0.5, 0.6) is 0 Å². The first-order valence-electron chi connectivity index (χ1n) is 6.27. The smallest absolute Gasteiger partial charge is 0.115 e. The SMILES string of the molecule is CC1(NCc2cncnc2)CCCCCC1. The molecule has 88 valence electrons. The molecule has 0 spiro atoms. The van der Waals surface area contributed by atoms with Crippen LogP contribution >= 0.6 is 0 Å². The van der Waals surface area contributed by atoms with Crippen molar-refractivity contribution in [1.29, 1.82) is 0 Å². The minimum absolute atomic E-state index is 0.312. The van der Waals surface area contributed by atoms with E-state index in [9.17, 15) is 0 Å². The topological polar surface area (TPSA) is 37.8 Å². The zero-order valence-electron chi connectivity index (χ0n) is 10.1. The monoisotopic (exact) mass is 219 g/mol. The fourth-order valence-electron chi connectivity index (χ4n) is 2.42. The molecule has 1 aromatic heterocycles. The summed E-state index contributed by atoms with van der Waals surface area (Å²) in [6.07, 6.45) is 13.4. The maximum absolute atomic E-state index is 4.04. The lowest BCUT2D eigenvalue weighted by molar-refractivity contribution is 0.310. The fraction of sp³-hybridized carbons (Fsp3) is 0.692. The molecule has 1 heterocycles. The van der Waals surface area contributed by atoms with E-state index in [0.717, 1.165) is 6.54 Å². The Hall–Kier alpha value is -0.960. The van der Waals surface area contributed by atoms with E-state index >= 15 is 0 Å². The molecule has 0 aromatic carbocycles. The predicted molar refractivity (Wildman–Crippen MR) is 65.0 cm³/mol. The molecule has 1 saturated carbocycles. The third kappa shape index (κ3) is 3.27. The van der Waals surface area contributed by atoms with Crippen molar-refractivity contribution in [3.05, 3.63) is 24.3 Å². The van der Waals surface area contributed by atoms with Crippen LogP contribution in [-0.2, 0) is 6.54 Å². The van der Waals surface area contributed by atoms with Gasteiger partial charge in [-0.2, -0.15) is 0 Å². The standard InChI is InChI=1S/C13H21N3/c1-13(6-4-2-3-5-7-13)16-10-12-8-14-11-15-9-12/h8-9,11,16H,2-7,10H2,1H3. The summed E-state index contributed by atoms with van der Waals surface area (Å²) in [6.45, 7) is 3.24. The van der Waals surface area contributed by atoms with Crippen molar-refractivity contribution in [2.75, 3.05) is 0 Å². The van der Waals surface area contributed by atoms with E-state index in [0.29, 0.717) is 5.54 Å². The van der Waals surface area contributed by atoms with Crippen LogP contribution in [0.2, 0.25) is 0 Å². The number of hydrogen-bond acceptors (Lipinski definition) is 3. The minimum Gasteiger partial charge on any atom is -0.307 e. The third-order valence-corrected chi connectivity index (χ3v) is 3.54. The molecule has 1 N–H and O–H groups in total. The van der Waals surface area contributed by atoms with E-state index in [1.54, 1.807) is 6.33 Å². The van der Waals surface area contributed by atoms with Gasteiger partial charge in [-0.25, -0.2) is 9.97 Å². The summed E-state index contributed by atoms with van der Waals surface area (Å²) in [5, 5.41) is 3.67. The van der Waals surface area contributed by atoms with Crippen molar-refractivity contribution in [2.24, 2.45) is 0 Å². The molecule has 2 rings (SSSR count). The number of nitrogens with one attached hydrogen (secondary N) is 1. The summed E-state index contributed by atoms with van der Waals surface area (Å²) >= 11 is 0. The molecule has 0 bridgehead atoms. The summed E-state index contributed by atoms with van der Waals surface area (Å²) in [5.41, 5.74) is 1.49. The zero-order chi connectivity index (χ0) is 11.3. The van der Waals surface area contributed by atoms with E-state index in [-0.39, 0.29) is 0 Å². The Balaban J connectivity index is 1.88. The van der Waals surface area contributed by atoms with Crippen LogP contribution in [0.25, 0.3) is 0 Å². The second kappa shape index (κ2) is 5.39. The van der Waals surface area contributed by atoms with Gasteiger partial charge in [0.05, 0.1) is 0 Å². The van der Waals surface area contributed by atoms with Gasteiger partial charge in [0.2, 0.25) is 0 Å². The maximum Gasteiger partial charge on any atom is 0.115 e. The number of rotatable bonds is 3. The van der Waals surface area contributed by atoms with Gasteiger partial charge >= 0.3 is 0 Å². The van der Waals surface area contributed by atoms with Crippen LogP contribution in [0.1, 0.15) is 51.0 Å². The van der Waals surface area contributed by atoms with Gasteiger partial charge in [0.15, 0.2) is 0 Å². The molecule has 0 unspecified atom stereocenters. The third-order valence-electron chi connectivity index (χ3n) is 3.54. The number of nitrogens with zero attached hydrogens (tertiary/aromatic N) is 2. The molecule has 1 aliphatic rings. The van der Waals surface area contributed by atoms with Crippen LogP contribution in [0.15, 0.2) is 18.7 Å². The lowest BCUT2D eigenvalue weighted by Crippen LogP contribution is -2.41. The van der Waals surface area contributed by atoms with E-state index in [4.69, 9.17) is 0 Å². The largest absolute Gasteiger partial charge is 0.307 e. The lowest BCUT2D eigenvalue weighted by atomic mass is 9.92. The first-order valence-corrected chi connectivity index (χ1v) is 6.27. The van der Waals surface area contributed by atoms with Crippen molar-refractivity contribution in [3.8, 4) is 0 Å². The van der Waals surface area contributed by atoms with Gasteiger partial charge in [-0.05, 0) is 19.8 Å². The minimum atomic E-state index is 0.312. The molecule has 0 atom stereocenters. The van der Waals surface area contributed by atoms with Crippen LogP contribution in [0.3, 0.4) is 0 Å². The molecule has 16 heavy (non-hydrogen) atoms. The Bertz CT molecular complexity index is 302. The summed E-state index contributed by atoms with van der Waals surface area (Å²) in [4.78, 5) is 8.08. The van der Waals surface area contributed by atoms with Crippen molar-refractivity contribution < 1.29 is 0 Å². The molecule has 0 amide bonds. The first kappa shape index (κ1) is 11.5. The van der Waals surface area contributed by atoms with Gasteiger partial charge in [0, 0.05) is 30.0 Å². The Kier molecular flexibility index (Phi) is 3.88. The van der Waals surface area contributed by atoms with Crippen molar-refractivity contribution in [3.63, 3.8) is 0 Å². The highest BCUT2D eigenvalue weighted by Crippen LogP contribution is 2.26. The molecule has 0 aliphatic heterocycles. The van der Waals surface area contributed by atoms with Gasteiger partial charge in [0.1, 0.15) is 6.33 Å².